The van der Waals surface area contributed by atoms with Gasteiger partial charge in [-0.3, -0.25) is 25.2 Å². The van der Waals surface area contributed by atoms with Crippen LogP contribution in [-0.4, -0.2) is 23.8 Å². The number of hydrazine groups is 1. The number of nitrogens with one attached hydrogen (secondary N) is 3. The summed E-state index contributed by atoms with van der Waals surface area (Å²) in [6, 6.07) is 9.19. The van der Waals surface area contributed by atoms with Crippen molar-refractivity contribution in [2.45, 2.75) is 26.8 Å². The number of rotatable bonds is 5. The van der Waals surface area contributed by atoms with Crippen molar-refractivity contribution in [1.29, 1.82) is 0 Å². The average Bonchev–Trinajstić information content (AvgIpc) is 3.12. The number of carbonyl (C=O) groups is 3. The Morgan fingerprint density at radius 1 is 0.960 bits per heavy atom. The largest absolute Gasteiger partial charge is 0.459 e. The molecule has 2 aromatic rings. The smallest absolute Gasteiger partial charge is 0.287 e. The lowest BCUT2D eigenvalue weighted by molar-refractivity contribution is -0.124. The van der Waals surface area contributed by atoms with Gasteiger partial charge in [-0.1, -0.05) is 31.5 Å². The second-order valence-corrected chi connectivity index (χ2v) is 5.98. The Morgan fingerprint density at radius 2 is 1.64 bits per heavy atom. The van der Waals surface area contributed by atoms with E-state index in [-0.39, 0.29) is 11.7 Å². The minimum atomic E-state index is -0.823. The molecule has 7 nitrogen and oxygen atoms in total. The van der Waals surface area contributed by atoms with Gasteiger partial charge in [0.25, 0.3) is 17.7 Å². The maximum absolute atomic E-state index is 12.3. The zero-order valence-electron chi connectivity index (χ0n) is 14.3. The summed E-state index contributed by atoms with van der Waals surface area (Å²) in [7, 11) is 0. The van der Waals surface area contributed by atoms with Gasteiger partial charge in [-0.05, 0) is 37.1 Å². The van der Waals surface area contributed by atoms with Crippen molar-refractivity contribution in [3.05, 3.63) is 59.5 Å². The summed E-state index contributed by atoms with van der Waals surface area (Å²) >= 11 is 0. The highest BCUT2D eigenvalue weighted by Gasteiger charge is 2.26. The molecule has 0 fully saturated rings. The molecule has 3 amide bonds. The zero-order chi connectivity index (χ0) is 18.4. The first-order chi connectivity index (χ1) is 11.9. The molecular weight excluding hydrogens is 322 g/mol. The third-order valence-corrected chi connectivity index (χ3v) is 3.59. The van der Waals surface area contributed by atoms with Gasteiger partial charge in [0.2, 0.25) is 0 Å². The van der Waals surface area contributed by atoms with Crippen LogP contribution in [0.1, 0.15) is 40.3 Å². The standard InChI is InChI=1S/C18H21N3O4/c1-11(2)15(19-17(23)14-5-4-10-25-14)18(24)21-20-16(22)13-8-6-12(3)7-9-13/h4-11,15H,1-3H3,(H,19,23)(H,20,22)(H,21,24)/t15-/m0/s1. The number of benzene rings is 1. The van der Waals surface area contributed by atoms with Gasteiger partial charge in [0.15, 0.2) is 5.76 Å². The first-order valence-electron chi connectivity index (χ1n) is 7.89. The molecule has 1 heterocycles. The quantitative estimate of drug-likeness (QED) is 0.721. The van der Waals surface area contributed by atoms with Gasteiger partial charge < -0.3 is 9.73 Å². The molecule has 1 atom stereocenters. The summed E-state index contributed by atoms with van der Waals surface area (Å²) in [4.78, 5) is 36.4. The molecule has 132 valence electrons. The molecular formula is C18H21N3O4. The van der Waals surface area contributed by atoms with Crippen molar-refractivity contribution in [2.75, 3.05) is 0 Å². The lowest BCUT2D eigenvalue weighted by Crippen LogP contribution is -2.54. The second kappa shape index (κ2) is 8.14. The third kappa shape index (κ3) is 4.94. The van der Waals surface area contributed by atoms with Crippen LogP contribution < -0.4 is 16.2 Å². The second-order valence-electron chi connectivity index (χ2n) is 5.98. The molecule has 1 aromatic carbocycles. The van der Waals surface area contributed by atoms with Crippen LogP contribution >= 0.6 is 0 Å². The zero-order valence-corrected chi connectivity index (χ0v) is 14.3. The molecule has 0 aliphatic rings. The van der Waals surface area contributed by atoms with E-state index in [1.807, 2.05) is 6.92 Å². The predicted molar refractivity (Wildman–Crippen MR) is 91.6 cm³/mol. The van der Waals surface area contributed by atoms with E-state index in [9.17, 15) is 14.4 Å². The van der Waals surface area contributed by atoms with Gasteiger partial charge in [-0.15, -0.1) is 0 Å². The van der Waals surface area contributed by atoms with E-state index >= 15 is 0 Å². The maximum Gasteiger partial charge on any atom is 0.287 e. The highest BCUT2D eigenvalue weighted by atomic mass is 16.3. The van der Waals surface area contributed by atoms with E-state index in [2.05, 4.69) is 16.2 Å². The summed E-state index contributed by atoms with van der Waals surface area (Å²) in [5, 5.41) is 2.59. The van der Waals surface area contributed by atoms with Gasteiger partial charge in [-0.2, -0.15) is 0 Å². The number of carbonyl (C=O) groups excluding carboxylic acids is 3. The van der Waals surface area contributed by atoms with Crippen LogP contribution in [0.15, 0.2) is 47.1 Å². The van der Waals surface area contributed by atoms with Crippen molar-refractivity contribution in [3.8, 4) is 0 Å². The SMILES string of the molecule is Cc1ccc(C(=O)NNC(=O)[C@@H](NC(=O)c2ccco2)C(C)C)cc1. The molecule has 7 heteroatoms. The minimum Gasteiger partial charge on any atom is -0.459 e. The summed E-state index contributed by atoms with van der Waals surface area (Å²) in [6.45, 7) is 5.49. The van der Waals surface area contributed by atoms with Gasteiger partial charge in [0.05, 0.1) is 6.26 Å². The molecule has 0 radical (unpaired) electrons. The van der Waals surface area contributed by atoms with Crippen LogP contribution in [0.5, 0.6) is 0 Å². The van der Waals surface area contributed by atoms with Crippen LogP contribution in [0, 0.1) is 12.8 Å². The van der Waals surface area contributed by atoms with Crippen LogP contribution in [0.3, 0.4) is 0 Å². The number of hydrogen-bond acceptors (Lipinski definition) is 4. The third-order valence-electron chi connectivity index (χ3n) is 3.59. The summed E-state index contributed by atoms with van der Waals surface area (Å²) in [5.74, 6) is -1.52. The van der Waals surface area contributed by atoms with E-state index in [0.29, 0.717) is 5.56 Å². The Labute approximate surface area is 145 Å². The summed E-state index contributed by atoms with van der Waals surface area (Å²) in [6.07, 6.45) is 1.38. The van der Waals surface area contributed by atoms with E-state index < -0.39 is 23.8 Å². The van der Waals surface area contributed by atoms with E-state index in [1.54, 1.807) is 44.2 Å². The first-order valence-corrected chi connectivity index (χ1v) is 7.89. The van der Waals surface area contributed by atoms with Gasteiger partial charge in [0, 0.05) is 5.56 Å². The van der Waals surface area contributed by atoms with Crippen molar-refractivity contribution >= 4 is 17.7 Å². The molecule has 0 unspecified atom stereocenters. The molecule has 0 bridgehead atoms. The van der Waals surface area contributed by atoms with E-state index in [0.717, 1.165) is 5.56 Å². The van der Waals surface area contributed by atoms with Crippen LogP contribution in [0.2, 0.25) is 0 Å². The van der Waals surface area contributed by atoms with Crippen LogP contribution in [0.25, 0.3) is 0 Å². The van der Waals surface area contributed by atoms with Crippen LogP contribution in [0.4, 0.5) is 0 Å². The monoisotopic (exact) mass is 343 g/mol. The molecule has 0 saturated carbocycles. The van der Waals surface area contributed by atoms with E-state index in [4.69, 9.17) is 4.42 Å². The van der Waals surface area contributed by atoms with Gasteiger partial charge in [0.1, 0.15) is 6.04 Å². The molecule has 3 N–H and O–H groups in total. The fourth-order valence-electron chi connectivity index (χ4n) is 2.13. The molecule has 2 rings (SSSR count). The lowest BCUT2D eigenvalue weighted by atomic mass is 10.0. The molecule has 0 aliphatic heterocycles. The van der Waals surface area contributed by atoms with Crippen molar-refractivity contribution in [3.63, 3.8) is 0 Å². The normalized spacial score (nSPS) is 11.7. The Balaban J connectivity index is 1.94. The average molecular weight is 343 g/mol. The van der Waals surface area contributed by atoms with Crippen molar-refractivity contribution in [1.82, 2.24) is 16.2 Å². The van der Waals surface area contributed by atoms with E-state index in [1.165, 1.54) is 12.3 Å². The number of hydrogen-bond donors (Lipinski definition) is 3. The first kappa shape index (κ1) is 18.3. The Hall–Kier alpha value is -3.09. The summed E-state index contributed by atoms with van der Waals surface area (Å²) in [5.41, 5.74) is 6.14. The molecule has 0 spiro atoms. The maximum atomic E-state index is 12.3. The number of amides is 3. The van der Waals surface area contributed by atoms with Crippen molar-refractivity contribution in [2.24, 2.45) is 5.92 Å². The molecule has 0 saturated heterocycles. The van der Waals surface area contributed by atoms with Gasteiger partial charge in [-0.25, -0.2) is 0 Å². The number of furan rings is 1. The molecule has 0 aliphatic carbocycles. The predicted octanol–water partition coefficient (Wildman–Crippen LogP) is 1.80. The Bertz CT molecular complexity index is 736. The van der Waals surface area contributed by atoms with Crippen LogP contribution in [-0.2, 0) is 4.79 Å². The topological polar surface area (TPSA) is 100 Å². The fourth-order valence-corrected chi connectivity index (χ4v) is 2.13. The Kier molecular flexibility index (Phi) is 5.94. The van der Waals surface area contributed by atoms with Gasteiger partial charge >= 0.3 is 0 Å². The highest BCUT2D eigenvalue weighted by molar-refractivity contribution is 5.98. The Morgan fingerprint density at radius 3 is 2.20 bits per heavy atom. The molecule has 25 heavy (non-hydrogen) atoms. The summed E-state index contributed by atoms with van der Waals surface area (Å²) < 4.78 is 5.01. The number of aryl methyl sites for hydroxylation is 1. The fraction of sp³-hybridized carbons (Fsp3) is 0.278. The van der Waals surface area contributed by atoms with Crippen molar-refractivity contribution < 1.29 is 18.8 Å². The lowest BCUT2D eigenvalue weighted by Gasteiger charge is -2.21. The highest BCUT2D eigenvalue weighted by Crippen LogP contribution is 2.06. The molecule has 1 aromatic heterocycles. The minimum absolute atomic E-state index is 0.113.